The molecule has 1 unspecified atom stereocenters. The van der Waals surface area contributed by atoms with E-state index in [-0.39, 0.29) is 12.6 Å². The van der Waals surface area contributed by atoms with Crippen LogP contribution in [0.15, 0.2) is 52.4 Å². The van der Waals surface area contributed by atoms with Crippen LogP contribution in [0.4, 0.5) is 11.4 Å². The van der Waals surface area contributed by atoms with Crippen LogP contribution in [0, 0.1) is 0 Å². The molecule has 0 aromatic heterocycles. The zero-order valence-corrected chi connectivity index (χ0v) is 19.2. The molecular formula is C23H30ClN7O2. The van der Waals surface area contributed by atoms with E-state index >= 15 is 0 Å². The van der Waals surface area contributed by atoms with Gasteiger partial charge in [0.1, 0.15) is 0 Å². The molecule has 0 radical (unpaired) electrons. The molecule has 1 fully saturated rings. The predicted octanol–water partition coefficient (Wildman–Crippen LogP) is 1.29. The number of nitrogens with one attached hydrogen (secondary N) is 1. The molecular weight excluding hydrogens is 442 g/mol. The maximum atomic E-state index is 8.80. The van der Waals surface area contributed by atoms with E-state index in [4.69, 9.17) is 37.9 Å². The molecule has 2 aliphatic heterocycles. The third-order valence-electron chi connectivity index (χ3n) is 5.71. The molecule has 0 spiro atoms. The van der Waals surface area contributed by atoms with Gasteiger partial charge in [-0.05, 0) is 30.3 Å². The van der Waals surface area contributed by atoms with Gasteiger partial charge in [0.2, 0.25) is 6.29 Å². The Morgan fingerprint density at radius 3 is 2.58 bits per heavy atom. The molecule has 0 aliphatic carbocycles. The average molecular weight is 472 g/mol. The van der Waals surface area contributed by atoms with E-state index < -0.39 is 6.29 Å². The Labute approximate surface area is 198 Å². The van der Waals surface area contributed by atoms with Gasteiger partial charge in [0.25, 0.3) is 0 Å². The van der Waals surface area contributed by atoms with E-state index in [0.717, 1.165) is 55.2 Å². The molecule has 0 amide bonds. The minimum atomic E-state index is -0.590. The third kappa shape index (κ3) is 5.94. The molecule has 9 nitrogen and oxygen atoms in total. The fourth-order valence-corrected chi connectivity index (χ4v) is 4.23. The van der Waals surface area contributed by atoms with E-state index in [2.05, 4.69) is 44.4 Å². The van der Waals surface area contributed by atoms with Gasteiger partial charge >= 0.3 is 0 Å². The quantitative estimate of drug-likeness (QED) is 0.260. The van der Waals surface area contributed by atoms with E-state index in [9.17, 15) is 0 Å². The molecule has 4 rings (SSSR count). The van der Waals surface area contributed by atoms with Crippen molar-refractivity contribution in [1.82, 2.24) is 4.90 Å². The number of fused-ring (bicyclic) bond motifs is 1. The minimum absolute atomic E-state index is 0.0255. The number of aliphatic hydroxyl groups excluding tert-OH is 1. The lowest BCUT2D eigenvalue weighted by Crippen LogP contribution is -2.47. The molecule has 2 heterocycles. The van der Waals surface area contributed by atoms with Gasteiger partial charge in [0.15, 0.2) is 5.96 Å². The first-order valence-electron chi connectivity index (χ1n) is 11.0. The summed E-state index contributed by atoms with van der Waals surface area (Å²) in [5.41, 5.74) is 15.9. The molecule has 2 aromatic rings. The Bertz CT molecular complexity index is 1000. The molecule has 0 bridgehead atoms. The van der Waals surface area contributed by atoms with Crippen molar-refractivity contribution in [3.8, 4) is 0 Å². The number of guanidine groups is 1. The number of aliphatic hydroxyl groups is 1. The first-order valence-corrected chi connectivity index (χ1v) is 11.4. The number of anilines is 2. The molecule has 176 valence electrons. The molecule has 6 N–H and O–H groups in total. The molecule has 10 heteroatoms. The molecule has 2 aliphatic rings. The van der Waals surface area contributed by atoms with Gasteiger partial charge in [-0.1, -0.05) is 23.7 Å². The van der Waals surface area contributed by atoms with Crippen molar-refractivity contribution in [2.24, 2.45) is 21.5 Å². The van der Waals surface area contributed by atoms with Crippen molar-refractivity contribution in [1.29, 1.82) is 0 Å². The van der Waals surface area contributed by atoms with Crippen LogP contribution in [0.1, 0.15) is 11.1 Å². The number of rotatable bonds is 8. The number of benzene rings is 2. The second-order valence-electron chi connectivity index (χ2n) is 7.95. The lowest BCUT2D eigenvalue weighted by atomic mass is 9.98. The average Bonchev–Trinajstić information content (AvgIpc) is 2.82. The molecule has 0 saturated carbocycles. The minimum Gasteiger partial charge on any atom is -0.394 e. The standard InChI is InChI=1S/C23H30ClN7O2/c24-17-3-6-20-19(15-17)21(28-23(27-20)29-22(25)26)16-1-4-18(5-2-16)31-9-7-30(8-10-31)11-13-33-14-12-32/h1-6,15,23,27,32H,7-14H2,(H4,25,26,29). The first-order chi connectivity index (χ1) is 16.0. The summed E-state index contributed by atoms with van der Waals surface area (Å²) < 4.78 is 5.38. The van der Waals surface area contributed by atoms with Crippen molar-refractivity contribution in [2.75, 3.05) is 62.8 Å². The highest BCUT2D eigenvalue weighted by Gasteiger charge is 2.22. The monoisotopic (exact) mass is 471 g/mol. The van der Waals surface area contributed by atoms with Crippen LogP contribution in [0.25, 0.3) is 0 Å². The lowest BCUT2D eigenvalue weighted by Gasteiger charge is -2.36. The van der Waals surface area contributed by atoms with Crippen LogP contribution >= 0.6 is 11.6 Å². The highest BCUT2D eigenvalue weighted by atomic mass is 35.5. The van der Waals surface area contributed by atoms with Crippen LogP contribution in [-0.4, -0.2) is 80.5 Å². The fourth-order valence-electron chi connectivity index (χ4n) is 4.05. The van der Waals surface area contributed by atoms with Gasteiger partial charge < -0.3 is 31.5 Å². The molecule has 2 aromatic carbocycles. The summed E-state index contributed by atoms with van der Waals surface area (Å²) in [7, 11) is 0. The van der Waals surface area contributed by atoms with Crippen molar-refractivity contribution in [3.63, 3.8) is 0 Å². The molecule has 1 saturated heterocycles. The summed E-state index contributed by atoms with van der Waals surface area (Å²) in [5, 5.41) is 12.7. The smallest absolute Gasteiger partial charge is 0.218 e. The Balaban J connectivity index is 1.46. The van der Waals surface area contributed by atoms with E-state index in [1.165, 1.54) is 5.69 Å². The number of halogens is 1. The van der Waals surface area contributed by atoms with Gasteiger partial charge in [-0.15, -0.1) is 0 Å². The highest BCUT2D eigenvalue weighted by molar-refractivity contribution is 6.31. The SMILES string of the molecule is NC(N)=NC1N=C(c2ccc(N3CCN(CCOCCO)CC3)cc2)c2cc(Cl)ccc2N1. The van der Waals surface area contributed by atoms with Gasteiger partial charge in [-0.2, -0.15) is 0 Å². The number of nitrogens with zero attached hydrogens (tertiary/aromatic N) is 4. The van der Waals surface area contributed by atoms with Crippen molar-refractivity contribution in [2.45, 2.75) is 6.29 Å². The summed E-state index contributed by atoms with van der Waals surface area (Å²) >= 11 is 6.26. The van der Waals surface area contributed by atoms with Crippen LogP contribution in [0.2, 0.25) is 5.02 Å². The van der Waals surface area contributed by atoms with E-state index in [0.29, 0.717) is 18.2 Å². The maximum Gasteiger partial charge on any atom is 0.218 e. The Kier molecular flexibility index (Phi) is 7.66. The fraction of sp³-hybridized carbons (Fsp3) is 0.391. The second-order valence-corrected chi connectivity index (χ2v) is 8.39. The number of hydrogen-bond donors (Lipinski definition) is 4. The maximum absolute atomic E-state index is 8.80. The van der Waals surface area contributed by atoms with Crippen molar-refractivity contribution < 1.29 is 9.84 Å². The molecule has 33 heavy (non-hydrogen) atoms. The van der Waals surface area contributed by atoms with Gasteiger partial charge in [0.05, 0.1) is 25.5 Å². The third-order valence-corrected chi connectivity index (χ3v) is 5.94. The normalized spacial score (nSPS) is 18.3. The number of hydrogen-bond acceptors (Lipinski definition) is 7. The summed E-state index contributed by atoms with van der Waals surface area (Å²) in [4.78, 5) is 13.7. The van der Waals surface area contributed by atoms with Crippen molar-refractivity contribution in [3.05, 3.63) is 58.6 Å². The number of nitrogens with two attached hydrogens (primary N) is 2. The Morgan fingerprint density at radius 1 is 1.12 bits per heavy atom. The van der Waals surface area contributed by atoms with Crippen LogP contribution in [0.5, 0.6) is 0 Å². The van der Waals surface area contributed by atoms with E-state index in [1.54, 1.807) is 0 Å². The predicted molar refractivity (Wildman–Crippen MR) is 133 cm³/mol. The Hall–Kier alpha value is -2.85. The number of ether oxygens (including phenoxy) is 1. The zero-order chi connectivity index (χ0) is 23.2. The highest BCUT2D eigenvalue weighted by Crippen LogP contribution is 2.29. The van der Waals surface area contributed by atoms with Crippen LogP contribution in [-0.2, 0) is 4.74 Å². The van der Waals surface area contributed by atoms with Crippen LogP contribution < -0.4 is 21.7 Å². The Morgan fingerprint density at radius 2 is 1.88 bits per heavy atom. The number of aliphatic imine (C=N–C) groups is 2. The molecule has 1 atom stereocenters. The van der Waals surface area contributed by atoms with E-state index in [1.807, 2.05) is 18.2 Å². The summed E-state index contributed by atoms with van der Waals surface area (Å²) in [6.07, 6.45) is -0.590. The van der Waals surface area contributed by atoms with Crippen molar-refractivity contribution >= 4 is 34.6 Å². The topological polar surface area (TPSA) is 125 Å². The largest absolute Gasteiger partial charge is 0.394 e. The summed E-state index contributed by atoms with van der Waals surface area (Å²) in [5.74, 6) is -0.0255. The van der Waals surface area contributed by atoms with Crippen LogP contribution in [0.3, 0.4) is 0 Å². The summed E-state index contributed by atoms with van der Waals surface area (Å²) in [6, 6.07) is 14.0. The lowest BCUT2D eigenvalue weighted by molar-refractivity contribution is 0.0724. The van der Waals surface area contributed by atoms with Gasteiger partial charge in [0, 0.05) is 60.2 Å². The zero-order valence-electron chi connectivity index (χ0n) is 18.5. The number of piperazine rings is 1. The van der Waals surface area contributed by atoms with Gasteiger partial charge in [-0.25, -0.2) is 9.98 Å². The second kappa shape index (κ2) is 10.8. The first kappa shape index (κ1) is 23.3. The van der Waals surface area contributed by atoms with Gasteiger partial charge in [-0.3, -0.25) is 4.90 Å². The summed E-state index contributed by atoms with van der Waals surface area (Å²) in [6.45, 7) is 5.88.